The molecule has 0 aromatic carbocycles. The highest BCUT2D eigenvalue weighted by Gasteiger charge is 2.12. The normalized spacial score (nSPS) is 11.2. The average molecular weight is 159 g/mol. The monoisotopic (exact) mass is 159 g/mol. The lowest BCUT2D eigenvalue weighted by molar-refractivity contribution is -0.120. The lowest BCUT2D eigenvalue weighted by Crippen LogP contribution is -2.39. The van der Waals surface area contributed by atoms with Crippen LogP contribution >= 0.6 is 0 Å². The molecule has 1 amide bonds. The van der Waals surface area contributed by atoms with Gasteiger partial charge in [0.15, 0.2) is 0 Å². The van der Waals surface area contributed by atoms with E-state index in [-0.39, 0.29) is 5.91 Å². The molecule has 2 nitrogen and oxygen atoms in total. The molecule has 0 radical (unpaired) electrons. The summed E-state index contributed by atoms with van der Waals surface area (Å²) in [5.41, 5.74) is 0. The molecule has 10 heavy (non-hydrogen) atoms. The van der Waals surface area contributed by atoms with E-state index in [0.717, 1.165) is 6.17 Å². The maximum atomic E-state index is 10.8. The summed E-state index contributed by atoms with van der Waals surface area (Å²) >= 11 is 0. The van der Waals surface area contributed by atoms with Crippen LogP contribution in [0.3, 0.4) is 0 Å². The van der Waals surface area contributed by atoms with Crippen LogP contribution in [-0.4, -0.2) is 20.1 Å². The zero-order valence-corrected chi connectivity index (χ0v) is 8.32. The molecule has 0 saturated carbocycles. The third-order valence-electron chi connectivity index (χ3n) is 1.14. The number of hydrogen-bond donors (Lipinski definition) is 1. The zero-order valence-electron chi connectivity index (χ0n) is 7.32. The van der Waals surface area contributed by atoms with Gasteiger partial charge in [0.05, 0.1) is 8.07 Å². The van der Waals surface area contributed by atoms with Gasteiger partial charge >= 0.3 is 0 Å². The van der Waals surface area contributed by atoms with Crippen molar-refractivity contribution in [1.82, 2.24) is 5.32 Å². The minimum absolute atomic E-state index is 0.169. The fraction of sp³-hybridized carbons (Fsp3) is 0.857. The first-order chi connectivity index (χ1) is 4.45. The van der Waals surface area contributed by atoms with Crippen molar-refractivity contribution >= 4 is 14.0 Å². The SMILES string of the molecule is CCC(=O)NC[Si](C)(C)C. The van der Waals surface area contributed by atoms with Gasteiger partial charge in [-0.3, -0.25) is 4.79 Å². The summed E-state index contributed by atoms with van der Waals surface area (Å²) in [6, 6.07) is 0. The molecule has 0 spiro atoms. The summed E-state index contributed by atoms with van der Waals surface area (Å²) in [6.45, 7) is 8.59. The van der Waals surface area contributed by atoms with Crippen LogP contribution in [0.5, 0.6) is 0 Å². The first-order valence-corrected chi connectivity index (χ1v) is 7.43. The highest BCUT2D eigenvalue weighted by molar-refractivity contribution is 6.76. The summed E-state index contributed by atoms with van der Waals surface area (Å²) in [4.78, 5) is 10.8. The molecule has 1 N–H and O–H groups in total. The second-order valence-corrected chi connectivity index (χ2v) is 9.17. The Labute approximate surface area is 64.0 Å². The molecule has 60 valence electrons. The van der Waals surface area contributed by atoms with Crippen molar-refractivity contribution in [3.05, 3.63) is 0 Å². The molecule has 0 heterocycles. The fourth-order valence-electron chi connectivity index (χ4n) is 0.489. The van der Waals surface area contributed by atoms with E-state index in [2.05, 4.69) is 25.0 Å². The van der Waals surface area contributed by atoms with Gasteiger partial charge in [-0.2, -0.15) is 0 Å². The molecule has 0 aromatic heterocycles. The lowest BCUT2D eigenvalue weighted by atomic mass is 10.5. The molecule has 0 unspecified atom stereocenters. The number of hydrogen-bond acceptors (Lipinski definition) is 1. The third kappa shape index (κ3) is 5.82. The number of carbonyl (C=O) groups excluding carboxylic acids is 1. The number of rotatable bonds is 3. The van der Waals surface area contributed by atoms with Gasteiger partial charge in [-0.05, 0) is 0 Å². The summed E-state index contributed by atoms with van der Waals surface area (Å²) in [5, 5.41) is 2.90. The van der Waals surface area contributed by atoms with Gasteiger partial charge in [-0.1, -0.05) is 26.6 Å². The highest BCUT2D eigenvalue weighted by Crippen LogP contribution is 1.96. The third-order valence-corrected chi connectivity index (χ3v) is 2.37. The average Bonchev–Trinajstić information content (AvgIpc) is 1.81. The van der Waals surface area contributed by atoms with E-state index in [1.807, 2.05) is 6.92 Å². The largest absolute Gasteiger partial charge is 0.359 e. The van der Waals surface area contributed by atoms with E-state index in [9.17, 15) is 4.79 Å². The Morgan fingerprint density at radius 2 is 1.90 bits per heavy atom. The first kappa shape index (κ1) is 9.69. The molecule has 0 saturated heterocycles. The van der Waals surface area contributed by atoms with Crippen molar-refractivity contribution < 1.29 is 4.79 Å². The minimum Gasteiger partial charge on any atom is -0.359 e. The lowest BCUT2D eigenvalue weighted by Gasteiger charge is -2.15. The van der Waals surface area contributed by atoms with Crippen LogP contribution in [0.15, 0.2) is 0 Å². The summed E-state index contributed by atoms with van der Waals surface area (Å²) in [6.07, 6.45) is 1.50. The van der Waals surface area contributed by atoms with Crippen molar-refractivity contribution in [2.75, 3.05) is 6.17 Å². The van der Waals surface area contributed by atoms with Gasteiger partial charge in [0.1, 0.15) is 0 Å². The summed E-state index contributed by atoms with van der Waals surface area (Å²) in [7, 11) is -1.07. The van der Waals surface area contributed by atoms with Crippen molar-refractivity contribution in [3.63, 3.8) is 0 Å². The van der Waals surface area contributed by atoms with Crippen molar-refractivity contribution in [3.8, 4) is 0 Å². The van der Waals surface area contributed by atoms with Crippen LogP contribution in [0.2, 0.25) is 19.6 Å². The van der Waals surface area contributed by atoms with Gasteiger partial charge in [-0.15, -0.1) is 0 Å². The van der Waals surface area contributed by atoms with Gasteiger partial charge < -0.3 is 5.32 Å². The summed E-state index contributed by atoms with van der Waals surface area (Å²) < 4.78 is 0. The predicted octanol–water partition coefficient (Wildman–Crippen LogP) is 1.39. The van der Waals surface area contributed by atoms with Crippen LogP contribution in [0.1, 0.15) is 13.3 Å². The maximum absolute atomic E-state index is 10.8. The predicted molar refractivity (Wildman–Crippen MR) is 46.6 cm³/mol. The molecule has 0 aliphatic carbocycles. The van der Waals surface area contributed by atoms with E-state index in [1.165, 1.54) is 0 Å². The van der Waals surface area contributed by atoms with Crippen LogP contribution in [-0.2, 0) is 4.79 Å². The van der Waals surface area contributed by atoms with Crippen LogP contribution in [0.4, 0.5) is 0 Å². The Bertz CT molecular complexity index is 117. The standard InChI is InChI=1S/C7H17NOSi/c1-5-7(9)8-6-10(2,3)4/h5-6H2,1-4H3,(H,8,9). The molecule has 0 atom stereocenters. The van der Waals surface area contributed by atoms with Gasteiger partial charge in [0.25, 0.3) is 0 Å². The number of nitrogens with one attached hydrogen (secondary N) is 1. The van der Waals surface area contributed by atoms with E-state index in [4.69, 9.17) is 0 Å². The Morgan fingerprint density at radius 1 is 1.40 bits per heavy atom. The summed E-state index contributed by atoms with van der Waals surface area (Å²) in [5.74, 6) is 0.169. The minimum atomic E-state index is -1.07. The van der Waals surface area contributed by atoms with Gasteiger partial charge in [0.2, 0.25) is 5.91 Å². The first-order valence-electron chi connectivity index (χ1n) is 3.72. The Hall–Kier alpha value is -0.313. The smallest absolute Gasteiger partial charge is 0.219 e. The topological polar surface area (TPSA) is 29.1 Å². The molecule has 0 aliphatic heterocycles. The quantitative estimate of drug-likeness (QED) is 0.619. The van der Waals surface area contributed by atoms with Crippen LogP contribution in [0, 0.1) is 0 Å². The van der Waals surface area contributed by atoms with Crippen molar-refractivity contribution in [2.45, 2.75) is 33.0 Å². The van der Waals surface area contributed by atoms with E-state index in [1.54, 1.807) is 0 Å². The van der Waals surface area contributed by atoms with E-state index in [0.29, 0.717) is 6.42 Å². The number of carbonyl (C=O) groups is 1. The fourth-order valence-corrected chi connectivity index (χ4v) is 1.22. The van der Waals surface area contributed by atoms with Gasteiger partial charge in [0, 0.05) is 12.6 Å². The van der Waals surface area contributed by atoms with Gasteiger partial charge in [-0.25, -0.2) is 0 Å². The molecule has 0 rings (SSSR count). The van der Waals surface area contributed by atoms with E-state index < -0.39 is 8.07 Å². The highest BCUT2D eigenvalue weighted by atomic mass is 28.3. The molecular formula is C7H17NOSi. The zero-order chi connectivity index (χ0) is 8.20. The Morgan fingerprint density at radius 3 is 2.20 bits per heavy atom. The second kappa shape index (κ2) is 3.76. The van der Waals surface area contributed by atoms with E-state index >= 15 is 0 Å². The van der Waals surface area contributed by atoms with Crippen molar-refractivity contribution in [2.24, 2.45) is 0 Å². The molecule has 0 bridgehead atoms. The van der Waals surface area contributed by atoms with Crippen molar-refractivity contribution in [1.29, 1.82) is 0 Å². The molecule has 0 aliphatic rings. The second-order valence-electron chi connectivity index (χ2n) is 3.69. The molecule has 3 heteroatoms. The molecular weight excluding hydrogens is 142 g/mol. The Kier molecular flexibility index (Phi) is 3.64. The Balaban J connectivity index is 3.46. The van der Waals surface area contributed by atoms with Crippen LogP contribution < -0.4 is 5.32 Å². The maximum Gasteiger partial charge on any atom is 0.219 e. The molecule has 0 aromatic rings. The number of amides is 1. The molecule has 0 fully saturated rings. The van der Waals surface area contributed by atoms with Crippen LogP contribution in [0.25, 0.3) is 0 Å².